The Bertz CT molecular complexity index is 295. The van der Waals surface area contributed by atoms with Crippen molar-refractivity contribution in [3.8, 4) is 0 Å². The maximum atomic E-state index is 9.71. The average molecular weight is 194 g/mol. The van der Waals surface area contributed by atoms with Gasteiger partial charge in [-0.25, -0.2) is 4.98 Å². The molecule has 2 unspecified atom stereocenters. The number of rotatable bonds is 3. The van der Waals surface area contributed by atoms with Crippen LogP contribution in [-0.2, 0) is 13.0 Å². The fraction of sp³-hybridized carbons (Fsp3) is 0.727. The van der Waals surface area contributed by atoms with Crippen LogP contribution in [0.2, 0.25) is 0 Å². The Balaban J connectivity index is 2.02. The van der Waals surface area contributed by atoms with Gasteiger partial charge in [0.1, 0.15) is 5.82 Å². The highest BCUT2D eigenvalue weighted by Gasteiger charge is 2.26. The molecule has 1 aromatic rings. The lowest BCUT2D eigenvalue weighted by Crippen LogP contribution is -2.17. The highest BCUT2D eigenvalue weighted by atomic mass is 16.3. The van der Waals surface area contributed by atoms with Gasteiger partial charge >= 0.3 is 0 Å². The summed E-state index contributed by atoms with van der Waals surface area (Å²) in [6.45, 7) is 3.09. The highest BCUT2D eigenvalue weighted by molar-refractivity contribution is 4.96. The van der Waals surface area contributed by atoms with E-state index >= 15 is 0 Å². The molecule has 3 nitrogen and oxygen atoms in total. The van der Waals surface area contributed by atoms with E-state index in [-0.39, 0.29) is 6.10 Å². The van der Waals surface area contributed by atoms with E-state index in [1.807, 2.05) is 12.4 Å². The molecule has 0 amide bonds. The second kappa shape index (κ2) is 4.13. The van der Waals surface area contributed by atoms with Crippen LogP contribution in [0.15, 0.2) is 12.4 Å². The molecule has 3 heteroatoms. The summed E-state index contributed by atoms with van der Waals surface area (Å²) >= 11 is 0. The number of aliphatic hydroxyl groups excluding tert-OH is 1. The molecule has 1 N–H and O–H groups in total. The molecule has 0 radical (unpaired) electrons. The molecule has 2 rings (SSSR count). The monoisotopic (exact) mass is 194 g/mol. The van der Waals surface area contributed by atoms with Crippen LogP contribution in [0.1, 0.15) is 32.0 Å². The molecule has 1 fully saturated rings. The molecule has 1 aliphatic carbocycles. The Morgan fingerprint density at radius 1 is 1.57 bits per heavy atom. The number of hydrogen-bond acceptors (Lipinski definition) is 2. The maximum absolute atomic E-state index is 9.71. The van der Waals surface area contributed by atoms with Crippen molar-refractivity contribution in [1.82, 2.24) is 9.55 Å². The zero-order valence-electron chi connectivity index (χ0n) is 8.69. The first-order chi connectivity index (χ1) is 6.81. The first-order valence-electron chi connectivity index (χ1n) is 5.49. The molecule has 0 saturated heterocycles. The fourth-order valence-corrected chi connectivity index (χ4v) is 2.31. The topological polar surface area (TPSA) is 38.0 Å². The van der Waals surface area contributed by atoms with Gasteiger partial charge in [0.15, 0.2) is 0 Å². The number of imidazole rings is 1. The smallest absolute Gasteiger partial charge is 0.108 e. The zero-order chi connectivity index (χ0) is 9.97. The zero-order valence-corrected chi connectivity index (χ0v) is 8.69. The molecule has 14 heavy (non-hydrogen) atoms. The molecular weight excluding hydrogens is 176 g/mol. The average Bonchev–Trinajstić information content (AvgIpc) is 2.77. The predicted octanol–water partition coefficient (Wildman–Crippen LogP) is 1.61. The number of aliphatic hydroxyl groups is 1. The van der Waals surface area contributed by atoms with Crippen molar-refractivity contribution < 1.29 is 5.11 Å². The summed E-state index contributed by atoms with van der Waals surface area (Å²) in [5.41, 5.74) is 0. The predicted molar refractivity (Wildman–Crippen MR) is 55.0 cm³/mol. The second-order valence-electron chi connectivity index (χ2n) is 4.09. The van der Waals surface area contributed by atoms with Crippen molar-refractivity contribution in [2.45, 2.75) is 45.3 Å². The minimum atomic E-state index is -0.1000. The maximum Gasteiger partial charge on any atom is 0.108 e. The van der Waals surface area contributed by atoms with Crippen LogP contribution in [0.25, 0.3) is 0 Å². The van der Waals surface area contributed by atoms with Gasteiger partial charge in [-0.05, 0) is 25.7 Å². The molecule has 1 aromatic heterocycles. The summed E-state index contributed by atoms with van der Waals surface area (Å²) in [7, 11) is 0. The summed E-state index contributed by atoms with van der Waals surface area (Å²) in [5, 5.41) is 9.71. The number of aryl methyl sites for hydroxylation is 1. The first kappa shape index (κ1) is 9.71. The van der Waals surface area contributed by atoms with Gasteiger partial charge in [0.05, 0.1) is 6.10 Å². The van der Waals surface area contributed by atoms with Crippen LogP contribution in [0.5, 0.6) is 0 Å². The summed E-state index contributed by atoms with van der Waals surface area (Å²) in [6, 6.07) is 0. The van der Waals surface area contributed by atoms with E-state index in [1.54, 1.807) is 0 Å². The van der Waals surface area contributed by atoms with Gasteiger partial charge < -0.3 is 9.67 Å². The fourth-order valence-electron chi connectivity index (χ4n) is 2.31. The Morgan fingerprint density at radius 3 is 3.07 bits per heavy atom. The van der Waals surface area contributed by atoms with E-state index in [1.165, 1.54) is 6.42 Å². The van der Waals surface area contributed by atoms with Crippen LogP contribution in [0.4, 0.5) is 0 Å². The normalized spacial score (nSPS) is 27.0. The van der Waals surface area contributed by atoms with Crippen molar-refractivity contribution in [2.24, 2.45) is 5.92 Å². The summed E-state index contributed by atoms with van der Waals surface area (Å²) < 4.78 is 2.16. The first-order valence-corrected chi connectivity index (χ1v) is 5.49. The molecule has 1 heterocycles. The van der Waals surface area contributed by atoms with Crippen LogP contribution in [-0.4, -0.2) is 20.8 Å². The van der Waals surface area contributed by atoms with Gasteiger partial charge in [0.2, 0.25) is 0 Å². The summed E-state index contributed by atoms with van der Waals surface area (Å²) in [5.74, 6) is 1.56. The molecule has 78 valence electrons. The third-order valence-corrected chi connectivity index (χ3v) is 3.21. The van der Waals surface area contributed by atoms with E-state index in [9.17, 15) is 5.11 Å². The SMILES string of the molecule is CCn1ccnc1CC1CCCC1O. The van der Waals surface area contributed by atoms with Crippen molar-refractivity contribution >= 4 is 0 Å². The lowest BCUT2D eigenvalue weighted by molar-refractivity contribution is 0.131. The van der Waals surface area contributed by atoms with Crippen molar-refractivity contribution in [1.29, 1.82) is 0 Å². The van der Waals surface area contributed by atoms with E-state index in [4.69, 9.17) is 0 Å². The molecule has 0 spiro atoms. The van der Waals surface area contributed by atoms with E-state index in [0.717, 1.165) is 31.6 Å². The summed E-state index contributed by atoms with van der Waals surface area (Å²) in [4.78, 5) is 4.34. The Kier molecular flexibility index (Phi) is 2.87. The van der Waals surface area contributed by atoms with Crippen molar-refractivity contribution in [2.75, 3.05) is 0 Å². The van der Waals surface area contributed by atoms with Gasteiger partial charge in [-0.2, -0.15) is 0 Å². The van der Waals surface area contributed by atoms with Gasteiger partial charge in [0, 0.05) is 25.4 Å². The van der Waals surface area contributed by atoms with E-state index < -0.39 is 0 Å². The minimum Gasteiger partial charge on any atom is -0.393 e. The Labute approximate surface area is 84.8 Å². The van der Waals surface area contributed by atoms with Crippen LogP contribution in [0.3, 0.4) is 0 Å². The third-order valence-electron chi connectivity index (χ3n) is 3.21. The van der Waals surface area contributed by atoms with Crippen LogP contribution >= 0.6 is 0 Å². The van der Waals surface area contributed by atoms with Crippen LogP contribution in [0, 0.1) is 5.92 Å². The molecular formula is C11H18N2O. The van der Waals surface area contributed by atoms with Crippen LogP contribution < -0.4 is 0 Å². The molecule has 2 atom stereocenters. The molecule has 0 aliphatic heterocycles. The van der Waals surface area contributed by atoms with Gasteiger partial charge in [-0.3, -0.25) is 0 Å². The van der Waals surface area contributed by atoms with Gasteiger partial charge in [-0.1, -0.05) is 6.42 Å². The second-order valence-corrected chi connectivity index (χ2v) is 4.09. The van der Waals surface area contributed by atoms with E-state index in [0.29, 0.717) is 5.92 Å². The minimum absolute atomic E-state index is 0.1000. The molecule has 0 aromatic carbocycles. The number of aromatic nitrogens is 2. The highest BCUT2D eigenvalue weighted by Crippen LogP contribution is 2.28. The van der Waals surface area contributed by atoms with Crippen molar-refractivity contribution in [3.05, 3.63) is 18.2 Å². The standard InChI is InChI=1S/C11H18N2O/c1-2-13-7-6-12-11(13)8-9-4-3-5-10(9)14/h6-7,9-10,14H,2-5,8H2,1H3. The van der Waals surface area contributed by atoms with Crippen molar-refractivity contribution in [3.63, 3.8) is 0 Å². The third kappa shape index (κ3) is 1.82. The molecule has 1 saturated carbocycles. The van der Waals surface area contributed by atoms with E-state index in [2.05, 4.69) is 16.5 Å². The largest absolute Gasteiger partial charge is 0.393 e. The Hall–Kier alpha value is -0.830. The van der Waals surface area contributed by atoms with Gasteiger partial charge in [-0.15, -0.1) is 0 Å². The molecule has 0 bridgehead atoms. The number of hydrogen-bond donors (Lipinski definition) is 1. The lowest BCUT2D eigenvalue weighted by atomic mass is 10.0. The molecule has 1 aliphatic rings. The Morgan fingerprint density at radius 2 is 2.43 bits per heavy atom. The lowest BCUT2D eigenvalue weighted by Gasteiger charge is -2.14. The number of nitrogens with zero attached hydrogens (tertiary/aromatic N) is 2. The summed E-state index contributed by atoms with van der Waals surface area (Å²) in [6.07, 6.45) is 7.98. The van der Waals surface area contributed by atoms with Gasteiger partial charge in [0.25, 0.3) is 0 Å². The quantitative estimate of drug-likeness (QED) is 0.793.